The summed E-state index contributed by atoms with van der Waals surface area (Å²) >= 11 is 0. The lowest BCUT2D eigenvalue weighted by atomic mass is 10.0. The van der Waals surface area contributed by atoms with Crippen molar-refractivity contribution in [3.63, 3.8) is 0 Å². The summed E-state index contributed by atoms with van der Waals surface area (Å²) in [6.45, 7) is 14.0. The van der Waals surface area contributed by atoms with Gasteiger partial charge in [0.25, 0.3) is 0 Å². The van der Waals surface area contributed by atoms with Crippen molar-refractivity contribution in [2.45, 2.75) is 343 Å². The third kappa shape index (κ3) is 60.9. The zero-order valence-corrected chi connectivity index (χ0v) is 57.7. The SMILES string of the molecule is CC(C)CCCCCCCCCCCCCCC(=O)OC[C@H](COP(=O)(O)OC[C@@H](O)COP(=O)(O)OC[C@@H](COC(=O)CCCCCCCCC(C)C)OC(=O)CCCCCCCCCCCC(C)C)OC(=O)CCCCCCCCCC(C)C. The molecule has 0 aromatic rings. The van der Waals surface area contributed by atoms with Gasteiger partial charge in [0.15, 0.2) is 12.2 Å². The molecule has 0 spiro atoms. The largest absolute Gasteiger partial charge is 0.472 e. The van der Waals surface area contributed by atoms with Crippen LogP contribution in [0.4, 0.5) is 0 Å². The van der Waals surface area contributed by atoms with Crippen LogP contribution in [0.3, 0.4) is 0 Å². The van der Waals surface area contributed by atoms with Crippen LogP contribution in [0.5, 0.6) is 0 Å². The van der Waals surface area contributed by atoms with Gasteiger partial charge in [0.05, 0.1) is 26.4 Å². The van der Waals surface area contributed by atoms with Crippen molar-refractivity contribution in [1.29, 1.82) is 0 Å². The lowest BCUT2D eigenvalue weighted by Crippen LogP contribution is -2.30. The van der Waals surface area contributed by atoms with Gasteiger partial charge in [-0.3, -0.25) is 37.3 Å². The number of ether oxygens (including phenoxy) is 4. The van der Waals surface area contributed by atoms with E-state index in [-0.39, 0.29) is 25.7 Å². The molecule has 0 saturated carbocycles. The van der Waals surface area contributed by atoms with Gasteiger partial charge < -0.3 is 33.8 Å². The van der Waals surface area contributed by atoms with E-state index in [9.17, 15) is 43.2 Å². The standard InChI is InChI=1S/C67H130O17P2/c1-57(2)43-35-27-19-14-11-9-10-12-16-22-31-39-47-64(69)77-53-62(84-67(72)50-42-34-24-18-21-29-37-45-59(5)6)55-81-85(73,74)79-51-61(68)52-80-86(75,76)82-56-63(54-78-65(70)48-40-32-26-25-30-38-46-60(7)8)83-66(71)49-41-33-23-17-13-15-20-28-36-44-58(3)4/h57-63,68H,9-56H2,1-8H3,(H,73,74)(H,75,76)/t61-,62-,63-/m1/s1. The molecule has 0 bridgehead atoms. The van der Waals surface area contributed by atoms with E-state index in [1.54, 1.807) is 0 Å². The van der Waals surface area contributed by atoms with Gasteiger partial charge in [0.1, 0.15) is 19.3 Å². The first-order valence-corrected chi connectivity index (χ1v) is 37.7. The highest BCUT2D eigenvalue weighted by Crippen LogP contribution is 2.45. The summed E-state index contributed by atoms with van der Waals surface area (Å²) in [6, 6.07) is 0. The zero-order chi connectivity index (χ0) is 63.9. The van der Waals surface area contributed by atoms with Gasteiger partial charge in [-0.2, -0.15) is 0 Å². The summed E-state index contributed by atoms with van der Waals surface area (Å²) in [7, 11) is -9.89. The molecule has 0 aromatic heterocycles. The Morgan fingerprint density at radius 3 is 0.721 bits per heavy atom. The van der Waals surface area contributed by atoms with Crippen LogP contribution >= 0.6 is 15.6 Å². The summed E-state index contributed by atoms with van der Waals surface area (Å²) in [5, 5.41) is 10.6. The second-order valence-electron chi connectivity index (χ2n) is 26.1. The second-order valence-corrected chi connectivity index (χ2v) is 29.0. The molecule has 0 fully saturated rings. The van der Waals surface area contributed by atoms with Gasteiger partial charge in [0, 0.05) is 25.7 Å². The Labute approximate surface area is 524 Å². The Bertz CT molecular complexity index is 1710. The van der Waals surface area contributed by atoms with Crippen LogP contribution in [0, 0.1) is 23.7 Å². The van der Waals surface area contributed by atoms with Crippen molar-refractivity contribution >= 4 is 39.5 Å². The molecule has 3 N–H and O–H groups in total. The molecule has 86 heavy (non-hydrogen) atoms. The predicted molar refractivity (Wildman–Crippen MR) is 344 cm³/mol. The van der Waals surface area contributed by atoms with Crippen molar-refractivity contribution in [2.75, 3.05) is 39.6 Å². The fourth-order valence-electron chi connectivity index (χ4n) is 9.96. The summed E-state index contributed by atoms with van der Waals surface area (Å²) in [4.78, 5) is 72.3. The van der Waals surface area contributed by atoms with Crippen LogP contribution in [0.15, 0.2) is 0 Å². The molecular weight excluding hydrogens is 1140 g/mol. The molecule has 0 heterocycles. The fraction of sp³-hybridized carbons (Fsp3) is 0.940. The number of phosphoric ester groups is 2. The van der Waals surface area contributed by atoms with E-state index in [2.05, 4.69) is 55.4 Å². The number of unbranched alkanes of at least 4 members (excludes halogenated alkanes) is 30. The lowest BCUT2D eigenvalue weighted by Gasteiger charge is -2.21. The number of hydrogen-bond donors (Lipinski definition) is 3. The topological polar surface area (TPSA) is 237 Å². The summed E-state index contributed by atoms with van der Waals surface area (Å²) < 4.78 is 68.1. The van der Waals surface area contributed by atoms with E-state index in [4.69, 9.17) is 37.0 Å². The smallest absolute Gasteiger partial charge is 0.462 e. The van der Waals surface area contributed by atoms with Gasteiger partial charge in [-0.15, -0.1) is 0 Å². The first-order chi connectivity index (χ1) is 41.1. The van der Waals surface area contributed by atoms with Gasteiger partial charge in [-0.05, 0) is 49.4 Å². The first-order valence-electron chi connectivity index (χ1n) is 34.7. The quantitative estimate of drug-likeness (QED) is 0.0222. The number of phosphoric acid groups is 2. The maximum Gasteiger partial charge on any atom is 0.472 e. The number of carbonyl (C=O) groups is 4. The minimum absolute atomic E-state index is 0.103. The average Bonchev–Trinajstić information content (AvgIpc) is 3.65. The normalized spacial score (nSPS) is 14.4. The lowest BCUT2D eigenvalue weighted by molar-refractivity contribution is -0.161. The van der Waals surface area contributed by atoms with Crippen molar-refractivity contribution in [3.05, 3.63) is 0 Å². The maximum atomic E-state index is 13.0. The molecule has 17 nitrogen and oxygen atoms in total. The van der Waals surface area contributed by atoms with Crippen LogP contribution in [0.1, 0.15) is 325 Å². The van der Waals surface area contributed by atoms with E-state index >= 15 is 0 Å². The Kier molecular flexibility index (Phi) is 55.7. The Balaban J connectivity index is 5.22. The molecular formula is C67H130O17P2. The third-order valence-corrected chi connectivity index (χ3v) is 17.2. The molecule has 0 amide bonds. The number of aliphatic hydroxyl groups excluding tert-OH is 1. The van der Waals surface area contributed by atoms with E-state index in [1.807, 2.05) is 0 Å². The van der Waals surface area contributed by atoms with Crippen molar-refractivity contribution in [3.8, 4) is 0 Å². The van der Waals surface area contributed by atoms with E-state index in [0.717, 1.165) is 108 Å². The first kappa shape index (κ1) is 84.1. The van der Waals surface area contributed by atoms with E-state index in [1.165, 1.54) is 122 Å². The molecule has 19 heteroatoms. The van der Waals surface area contributed by atoms with Gasteiger partial charge >= 0.3 is 39.5 Å². The van der Waals surface area contributed by atoms with Crippen LogP contribution in [-0.2, 0) is 65.4 Å². The summed E-state index contributed by atoms with van der Waals surface area (Å²) in [5.41, 5.74) is 0. The third-order valence-electron chi connectivity index (χ3n) is 15.3. The monoisotopic (exact) mass is 1270 g/mol. The molecule has 510 valence electrons. The van der Waals surface area contributed by atoms with Gasteiger partial charge in [0.2, 0.25) is 0 Å². The van der Waals surface area contributed by atoms with Crippen molar-refractivity contribution < 1.29 is 80.2 Å². The van der Waals surface area contributed by atoms with Crippen LogP contribution in [0.2, 0.25) is 0 Å². The Hall–Kier alpha value is -1.94. The minimum atomic E-state index is -4.95. The highest BCUT2D eigenvalue weighted by molar-refractivity contribution is 7.47. The van der Waals surface area contributed by atoms with E-state index < -0.39 is 97.5 Å². The number of rotatable bonds is 64. The van der Waals surface area contributed by atoms with Crippen molar-refractivity contribution in [1.82, 2.24) is 0 Å². The van der Waals surface area contributed by atoms with Gasteiger partial charge in [-0.25, -0.2) is 9.13 Å². The molecule has 0 saturated heterocycles. The number of aliphatic hydroxyl groups is 1. The second kappa shape index (κ2) is 57.0. The van der Waals surface area contributed by atoms with Crippen molar-refractivity contribution in [2.24, 2.45) is 23.7 Å². The van der Waals surface area contributed by atoms with Crippen LogP contribution in [0.25, 0.3) is 0 Å². The highest BCUT2D eigenvalue weighted by atomic mass is 31.2. The predicted octanol–water partition coefficient (Wildman–Crippen LogP) is 18.5. The Morgan fingerprint density at radius 1 is 0.291 bits per heavy atom. The Morgan fingerprint density at radius 2 is 0.488 bits per heavy atom. The maximum absolute atomic E-state index is 13.0. The number of esters is 4. The molecule has 0 radical (unpaired) electrons. The van der Waals surface area contributed by atoms with Gasteiger partial charge in [-0.1, -0.05) is 274 Å². The van der Waals surface area contributed by atoms with Crippen LogP contribution in [-0.4, -0.2) is 96.7 Å². The molecule has 2 unspecified atom stereocenters. The molecule has 0 aliphatic carbocycles. The number of carbonyl (C=O) groups excluding carboxylic acids is 4. The number of hydrogen-bond acceptors (Lipinski definition) is 15. The highest BCUT2D eigenvalue weighted by Gasteiger charge is 2.30. The molecule has 0 rings (SSSR count). The van der Waals surface area contributed by atoms with E-state index in [0.29, 0.717) is 37.5 Å². The van der Waals surface area contributed by atoms with Crippen LogP contribution < -0.4 is 0 Å². The summed E-state index contributed by atoms with van der Waals surface area (Å²) in [6.07, 6.45) is 37.8. The summed E-state index contributed by atoms with van der Waals surface area (Å²) in [5.74, 6) is 0.756. The molecule has 0 aliphatic rings. The molecule has 5 atom stereocenters. The average molecular weight is 1270 g/mol. The molecule has 0 aliphatic heterocycles. The minimum Gasteiger partial charge on any atom is -0.462 e. The zero-order valence-electron chi connectivity index (χ0n) is 55.9. The fourth-order valence-corrected chi connectivity index (χ4v) is 11.5. The molecule has 0 aromatic carbocycles.